The lowest BCUT2D eigenvalue weighted by Gasteiger charge is -2.15. The number of benzene rings is 1. The molecule has 0 heterocycles. The van der Waals surface area contributed by atoms with E-state index < -0.39 is 0 Å². The minimum atomic E-state index is 0.0456. The molecule has 1 aromatic rings. The highest BCUT2D eigenvalue weighted by atomic mass is 16.5. The maximum Gasteiger partial charge on any atom is 0.123 e. The van der Waals surface area contributed by atoms with E-state index in [1.165, 1.54) is 0 Å². The van der Waals surface area contributed by atoms with Crippen molar-refractivity contribution in [1.82, 2.24) is 0 Å². The summed E-state index contributed by atoms with van der Waals surface area (Å²) in [5.41, 5.74) is 1.07. The first kappa shape index (κ1) is 15.6. The van der Waals surface area contributed by atoms with Crippen LogP contribution < -0.4 is 9.47 Å². The quantitative estimate of drug-likeness (QED) is 0.496. The van der Waals surface area contributed by atoms with Gasteiger partial charge in [0.25, 0.3) is 0 Å². The number of hydrogen-bond acceptors (Lipinski definition) is 2. The highest BCUT2D eigenvalue weighted by Crippen LogP contribution is 2.28. The molecule has 1 radical (unpaired) electrons. The Balaban J connectivity index is 2.91. The van der Waals surface area contributed by atoms with Crippen LogP contribution in [-0.4, -0.2) is 12.7 Å². The van der Waals surface area contributed by atoms with E-state index in [2.05, 4.69) is 20.4 Å². The Morgan fingerprint density at radius 2 is 1.89 bits per heavy atom. The molecule has 1 aromatic carbocycles. The second-order valence-corrected chi connectivity index (χ2v) is 4.95. The summed E-state index contributed by atoms with van der Waals surface area (Å²) in [7, 11) is 0. The van der Waals surface area contributed by atoms with Gasteiger partial charge >= 0.3 is 0 Å². The van der Waals surface area contributed by atoms with Crippen molar-refractivity contribution in [1.29, 1.82) is 0 Å². The number of allylic oxidation sites excluding steroid dienone is 1. The lowest BCUT2D eigenvalue weighted by molar-refractivity contribution is 0.239. The van der Waals surface area contributed by atoms with Crippen LogP contribution in [0.5, 0.6) is 11.5 Å². The molecule has 0 aromatic heterocycles. The monoisotopic (exact) mass is 261 g/mol. The van der Waals surface area contributed by atoms with Crippen molar-refractivity contribution in [2.75, 3.05) is 6.61 Å². The highest BCUT2D eigenvalue weighted by molar-refractivity contribution is 5.41. The first-order valence-corrected chi connectivity index (χ1v) is 6.96. The number of rotatable bonds is 8. The third-order valence-electron chi connectivity index (χ3n) is 2.75. The Morgan fingerprint density at radius 3 is 2.47 bits per heavy atom. The largest absolute Gasteiger partial charge is 0.493 e. The summed E-state index contributed by atoms with van der Waals surface area (Å²) in [6.45, 7) is 14.8. The van der Waals surface area contributed by atoms with Gasteiger partial charge in [-0.15, -0.1) is 6.58 Å². The molecule has 0 N–H and O–H groups in total. The first-order chi connectivity index (χ1) is 9.06. The number of ether oxygens (including phenoxy) is 2. The molecule has 0 aliphatic rings. The second-order valence-electron chi connectivity index (χ2n) is 4.95. The standard InChI is InChI=1S/C17H25O2/c1-6-8-9-18-16-10-15(14(5)7-2)11-17(12-16)19-13(3)4/h7,10-14H,2,5-6,8-9H2,1,3-4H3. The van der Waals surface area contributed by atoms with Crippen molar-refractivity contribution >= 4 is 0 Å². The molecule has 2 nitrogen and oxygen atoms in total. The van der Waals surface area contributed by atoms with E-state index >= 15 is 0 Å². The summed E-state index contributed by atoms with van der Waals surface area (Å²) in [5.74, 6) is 1.72. The first-order valence-electron chi connectivity index (χ1n) is 6.96. The maximum atomic E-state index is 5.76. The van der Waals surface area contributed by atoms with Gasteiger partial charge in [0.2, 0.25) is 0 Å². The Labute approximate surface area is 117 Å². The fourth-order valence-corrected chi connectivity index (χ4v) is 1.70. The zero-order valence-electron chi connectivity index (χ0n) is 12.3. The Bertz CT molecular complexity index is 396. The van der Waals surface area contributed by atoms with Crippen LogP contribution in [0.2, 0.25) is 0 Å². The van der Waals surface area contributed by atoms with Gasteiger partial charge < -0.3 is 9.47 Å². The molecule has 0 fully saturated rings. The van der Waals surface area contributed by atoms with E-state index in [1.54, 1.807) is 0 Å². The molecule has 0 aliphatic heterocycles. The van der Waals surface area contributed by atoms with E-state index in [0.29, 0.717) is 0 Å². The van der Waals surface area contributed by atoms with Gasteiger partial charge in [-0.3, -0.25) is 0 Å². The molecule has 2 heteroatoms. The molecule has 1 atom stereocenters. The smallest absolute Gasteiger partial charge is 0.123 e. The Morgan fingerprint density at radius 1 is 1.21 bits per heavy atom. The van der Waals surface area contributed by atoms with E-state index in [0.717, 1.165) is 36.5 Å². The SMILES string of the molecule is [CH2]C(C=C)c1cc(OCCCC)cc(OC(C)C)c1. The minimum Gasteiger partial charge on any atom is -0.493 e. The predicted octanol–water partition coefficient (Wildman–Crippen LogP) is 4.76. The molecular formula is C17H25O2. The van der Waals surface area contributed by atoms with Crippen molar-refractivity contribution in [3.63, 3.8) is 0 Å². The molecule has 0 saturated heterocycles. The molecule has 0 bridgehead atoms. The van der Waals surface area contributed by atoms with E-state index in [-0.39, 0.29) is 12.0 Å². The molecule has 0 aliphatic carbocycles. The van der Waals surface area contributed by atoms with E-state index in [9.17, 15) is 0 Å². The summed E-state index contributed by atoms with van der Waals surface area (Å²) < 4.78 is 11.5. The van der Waals surface area contributed by atoms with Crippen LogP contribution in [0, 0.1) is 6.92 Å². The summed E-state index contributed by atoms with van der Waals surface area (Å²) in [5, 5.41) is 0. The summed E-state index contributed by atoms with van der Waals surface area (Å²) in [6.07, 6.45) is 4.15. The zero-order valence-corrected chi connectivity index (χ0v) is 12.3. The van der Waals surface area contributed by atoms with Crippen molar-refractivity contribution in [2.24, 2.45) is 0 Å². The average Bonchev–Trinajstić information content (AvgIpc) is 2.37. The molecule has 19 heavy (non-hydrogen) atoms. The van der Waals surface area contributed by atoms with Crippen LogP contribution in [0.1, 0.15) is 45.1 Å². The number of hydrogen-bond donors (Lipinski definition) is 0. The lowest BCUT2D eigenvalue weighted by atomic mass is 10.0. The van der Waals surface area contributed by atoms with Gasteiger partial charge in [0.15, 0.2) is 0 Å². The van der Waals surface area contributed by atoms with Gasteiger partial charge in [0.05, 0.1) is 12.7 Å². The lowest BCUT2D eigenvalue weighted by Crippen LogP contribution is -2.07. The van der Waals surface area contributed by atoms with Gasteiger partial charge in [-0.1, -0.05) is 19.4 Å². The van der Waals surface area contributed by atoms with Crippen LogP contribution in [0.4, 0.5) is 0 Å². The Kier molecular flexibility index (Phi) is 6.48. The zero-order chi connectivity index (χ0) is 14.3. The van der Waals surface area contributed by atoms with Crippen LogP contribution in [0.25, 0.3) is 0 Å². The predicted molar refractivity (Wildman–Crippen MR) is 80.9 cm³/mol. The average molecular weight is 261 g/mol. The molecular weight excluding hydrogens is 236 g/mol. The van der Waals surface area contributed by atoms with Gasteiger partial charge in [0.1, 0.15) is 11.5 Å². The summed E-state index contributed by atoms with van der Waals surface area (Å²) >= 11 is 0. The highest BCUT2D eigenvalue weighted by Gasteiger charge is 2.08. The van der Waals surface area contributed by atoms with Crippen molar-refractivity contribution in [3.8, 4) is 11.5 Å². The van der Waals surface area contributed by atoms with Gasteiger partial charge in [-0.2, -0.15) is 0 Å². The molecule has 0 saturated carbocycles. The molecule has 0 amide bonds. The van der Waals surface area contributed by atoms with Crippen molar-refractivity contribution in [3.05, 3.63) is 43.3 Å². The van der Waals surface area contributed by atoms with Crippen LogP contribution >= 0.6 is 0 Å². The van der Waals surface area contributed by atoms with Crippen molar-refractivity contribution < 1.29 is 9.47 Å². The van der Waals surface area contributed by atoms with Gasteiger partial charge in [0, 0.05) is 12.0 Å². The van der Waals surface area contributed by atoms with Gasteiger partial charge in [-0.05, 0) is 44.9 Å². The fourth-order valence-electron chi connectivity index (χ4n) is 1.70. The maximum absolute atomic E-state index is 5.76. The molecule has 105 valence electrons. The Hall–Kier alpha value is -1.44. The van der Waals surface area contributed by atoms with Crippen LogP contribution in [0.15, 0.2) is 30.9 Å². The molecule has 1 unspecified atom stereocenters. The van der Waals surface area contributed by atoms with Gasteiger partial charge in [-0.25, -0.2) is 0 Å². The summed E-state index contributed by atoms with van der Waals surface area (Å²) in [4.78, 5) is 0. The topological polar surface area (TPSA) is 18.5 Å². The van der Waals surface area contributed by atoms with E-state index in [1.807, 2.05) is 38.1 Å². The van der Waals surface area contributed by atoms with E-state index in [4.69, 9.17) is 9.47 Å². The normalized spacial score (nSPS) is 12.3. The third-order valence-corrected chi connectivity index (χ3v) is 2.75. The fraction of sp³-hybridized carbons (Fsp3) is 0.471. The molecule has 1 rings (SSSR count). The number of unbranched alkanes of at least 4 members (excludes halogenated alkanes) is 1. The van der Waals surface area contributed by atoms with Crippen molar-refractivity contribution in [2.45, 2.75) is 45.6 Å². The van der Waals surface area contributed by atoms with Crippen LogP contribution in [-0.2, 0) is 0 Å². The molecule has 0 spiro atoms. The summed E-state index contributed by atoms with van der Waals surface area (Å²) in [6, 6.07) is 5.96. The third kappa shape index (κ3) is 5.37. The second kappa shape index (κ2) is 7.88. The van der Waals surface area contributed by atoms with Crippen LogP contribution in [0.3, 0.4) is 0 Å². The minimum absolute atomic E-state index is 0.0456.